The molecule has 0 aliphatic rings. The van der Waals surface area contributed by atoms with Crippen LogP contribution in [0.3, 0.4) is 0 Å². The standard InChI is InChI=1S/C17H18FN3O4S/c1-12-7-3-6-10-15(12)21(26(2,24)25)11-16(22)19-20-17(23)13-8-4-5-9-14(13)18/h3-10H,11H2,1-2H3,(H,19,22)(H,20,23). The van der Waals surface area contributed by atoms with Crippen LogP contribution in [0.4, 0.5) is 10.1 Å². The van der Waals surface area contributed by atoms with Crippen molar-refractivity contribution in [1.29, 1.82) is 0 Å². The van der Waals surface area contributed by atoms with Gasteiger partial charge < -0.3 is 0 Å². The molecule has 0 aliphatic heterocycles. The summed E-state index contributed by atoms with van der Waals surface area (Å²) in [5.74, 6) is -2.36. The van der Waals surface area contributed by atoms with Crippen LogP contribution in [0, 0.1) is 12.7 Å². The minimum atomic E-state index is -3.73. The number of amides is 2. The summed E-state index contributed by atoms with van der Waals surface area (Å²) in [6, 6.07) is 12.0. The zero-order valence-electron chi connectivity index (χ0n) is 14.2. The van der Waals surface area contributed by atoms with Crippen LogP contribution in [0.2, 0.25) is 0 Å². The second kappa shape index (κ2) is 7.96. The van der Waals surface area contributed by atoms with E-state index in [2.05, 4.69) is 10.9 Å². The lowest BCUT2D eigenvalue weighted by molar-refractivity contribution is -0.120. The molecule has 0 bridgehead atoms. The topological polar surface area (TPSA) is 95.6 Å². The molecule has 0 aliphatic carbocycles. The number of rotatable bonds is 5. The molecule has 2 rings (SSSR count). The lowest BCUT2D eigenvalue weighted by atomic mass is 10.2. The van der Waals surface area contributed by atoms with Gasteiger partial charge in [0.25, 0.3) is 11.8 Å². The van der Waals surface area contributed by atoms with Gasteiger partial charge in [0.05, 0.1) is 17.5 Å². The molecule has 0 spiro atoms. The highest BCUT2D eigenvalue weighted by Gasteiger charge is 2.22. The van der Waals surface area contributed by atoms with Crippen molar-refractivity contribution >= 4 is 27.5 Å². The maximum atomic E-state index is 13.5. The average Bonchev–Trinajstić information content (AvgIpc) is 2.58. The normalized spacial score (nSPS) is 10.9. The molecule has 0 heterocycles. The minimum absolute atomic E-state index is 0.244. The molecule has 2 N–H and O–H groups in total. The monoisotopic (exact) mass is 379 g/mol. The highest BCUT2D eigenvalue weighted by atomic mass is 32.2. The molecule has 2 aromatic rings. The second-order valence-corrected chi connectivity index (χ2v) is 7.45. The highest BCUT2D eigenvalue weighted by Crippen LogP contribution is 2.21. The van der Waals surface area contributed by atoms with Crippen molar-refractivity contribution in [3.8, 4) is 0 Å². The van der Waals surface area contributed by atoms with Crippen LogP contribution < -0.4 is 15.2 Å². The van der Waals surface area contributed by atoms with Gasteiger partial charge in [-0.15, -0.1) is 0 Å². The number of carbonyl (C=O) groups is 2. The molecule has 7 nitrogen and oxygen atoms in total. The number of hydrogen-bond acceptors (Lipinski definition) is 4. The van der Waals surface area contributed by atoms with Crippen molar-refractivity contribution in [2.24, 2.45) is 0 Å². The summed E-state index contributed by atoms with van der Waals surface area (Å²) in [7, 11) is -3.73. The van der Waals surface area contributed by atoms with E-state index >= 15 is 0 Å². The molecule has 0 aromatic heterocycles. The third-order valence-electron chi connectivity index (χ3n) is 3.51. The van der Waals surface area contributed by atoms with Gasteiger partial charge in [-0.25, -0.2) is 12.8 Å². The number of halogens is 1. The number of nitrogens with zero attached hydrogens (tertiary/aromatic N) is 1. The lowest BCUT2D eigenvalue weighted by Gasteiger charge is -2.23. The smallest absolute Gasteiger partial charge is 0.271 e. The first-order chi connectivity index (χ1) is 12.2. The van der Waals surface area contributed by atoms with Crippen LogP contribution in [0.25, 0.3) is 0 Å². The third-order valence-corrected chi connectivity index (χ3v) is 4.63. The number of hydrazine groups is 1. The van der Waals surface area contributed by atoms with E-state index in [1.807, 2.05) is 0 Å². The molecule has 0 saturated carbocycles. The molecule has 2 aromatic carbocycles. The Kier molecular flexibility index (Phi) is 5.93. The Morgan fingerprint density at radius 3 is 2.27 bits per heavy atom. The Labute approximate surface area is 150 Å². The number of para-hydroxylation sites is 1. The van der Waals surface area contributed by atoms with Crippen LogP contribution in [0.1, 0.15) is 15.9 Å². The zero-order valence-corrected chi connectivity index (χ0v) is 15.0. The van der Waals surface area contributed by atoms with Crippen molar-refractivity contribution < 1.29 is 22.4 Å². The molecule has 9 heteroatoms. The molecule has 0 radical (unpaired) electrons. The van der Waals surface area contributed by atoms with E-state index in [0.717, 1.165) is 16.6 Å². The van der Waals surface area contributed by atoms with Crippen molar-refractivity contribution in [2.75, 3.05) is 17.1 Å². The fourth-order valence-corrected chi connectivity index (χ4v) is 3.15. The molecule has 2 amide bonds. The summed E-state index contributed by atoms with van der Waals surface area (Å²) in [5.41, 5.74) is 4.93. The van der Waals surface area contributed by atoms with Gasteiger partial charge in [0, 0.05) is 0 Å². The largest absolute Gasteiger partial charge is 0.272 e. The fourth-order valence-electron chi connectivity index (χ4n) is 2.23. The number of nitrogens with one attached hydrogen (secondary N) is 2. The Balaban J connectivity index is 2.08. The number of anilines is 1. The first-order valence-electron chi connectivity index (χ1n) is 7.57. The van der Waals surface area contributed by atoms with E-state index in [0.29, 0.717) is 11.3 Å². The van der Waals surface area contributed by atoms with Crippen LogP contribution in [-0.4, -0.2) is 33.0 Å². The quantitative estimate of drug-likeness (QED) is 0.767. The Bertz CT molecular complexity index is 931. The minimum Gasteiger partial charge on any atom is -0.271 e. The summed E-state index contributed by atoms with van der Waals surface area (Å²) in [5, 5.41) is 0. The van der Waals surface area contributed by atoms with Crippen molar-refractivity contribution in [3.63, 3.8) is 0 Å². The summed E-state index contributed by atoms with van der Waals surface area (Å²) in [6.07, 6.45) is 0.977. The van der Waals surface area contributed by atoms with Gasteiger partial charge in [-0.05, 0) is 30.7 Å². The molecule has 0 unspecified atom stereocenters. The first-order valence-corrected chi connectivity index (χ1v) is 9.42. The van der Waals surface area contributed by atoms with Gasteiger partial charge in [0.15, 0.2) is 0 Å². The zero-order chi connectivity index (χ0) is 19.3. The average molecular weight is 379 g/mol. The summed E-state index contributed by atoms with van der Waals surface area (Å²) < 4.78 is 38.5. The summed E-state index contributed by atoms with van der Waals surface area (Å²) in [6.45, 7) is 1.17. The predicted octanol–water partition coefficient (Wildman–Crippen LogP) is 1.36. The van der Waals surface area contributed by atoms with E-state index in [9.17, 15) is 22.4 Å². The van der Waals surface area contributed by atoms with Gasteiger partial charge in [-0.1, -0.05) is 30.3 Å². The molecule has 26 heavy (non-hydrogen) atoms. The van der Waals surface area contributed by atoms with E-state index in [1.54, 1.807) is 31.2 Å². The second-order valence-electron chi connectivity index (χ2n) is 5.54. The fraction of sp³-hybridized carbons (Fsp3) is 0.176. The SMILES string of the molecule is Cc1ccccc1N(CC(=O)NNC(=O)c1ccccc1F)S(C)(=O)=O. The molecule has 0 fully saturated rings. The van der Waals surface area contributed by atoms with E-state index in [4.69, 9.17) is 0 Å². The Morgan fingerprint density at radius 2 is 1.65 bits per heavy atom. The number of aryl methyl sites for hydroxylation is 1. The van der Waals surface area contributed by atoms with Gasteiger partial charge >= 0.3 is 0 Å². The summed E-state index contributed by atoms with van der Waals surface area (Å²) >= 11 is 0. The van der Waals surface area contributed by atoms with Crippen LogP contribution in [0.15, 0.2) is 48.5 Å². The van der Waals surface area contributed by atoms with E-state index in [1.165, 1.54) is 18.2 Å². The predicted molar refractivity (Wildman–Crippen MR) is 95.4 cm³/mol. The van der Waals surface area contributed by atoms with Crippen LogP contribution >= 0.6 is 0 Å². The maximum Gasteiger partial charge on any atom is 0.272 e. The molecule has 0 saturated heterocycles. The Hall–Kier alpha value is -2.94. The van der Waals surface area contributed by atoms with Crippen LogP contribution in [-0.2, 0) is 14.8 Å². The third kappa shape index (κ3) is 4.79. The van der Waals surface area contributed by atoms with Crippen molar-refractivity contribution in [1.82, 2.24) is 10.9 Å². The lowest BCUT2D eigenvalue weighted by Crippen LogP contribution is -2.48. The molecule has 138 valence electrons. The maximum absolute atomic E-state index is 13.5. The van der Waals surface area contributed by atoms with Gasteiger partial charge in [-0.2, -0.15) is 0 Å². The van der Waals surface area contributed by atoms with Gasteiger partial charge in [0.2, 0.25) is 10.0 Å². The number of benzene rings is 2. The molecular weight excluding hydrogens is 361 g/mol. The number of sulfonamides is 1. The summed E-state index contributed by atoms with van der Waals surface area (Å²) in [4.78, 5) is 24.0. The number of hydrogen-bond donors (Lipinski definition) is 2. The number of carbonyl (C=O) groups excluding carboxylic acids is 2. The first kappa shape index (κ1) is 19.4. The molecule has 0 atom stereocenters. The van der Waals surface area contributed by atoms with Crippen molar-refractivity contribution in [3.05, 3.63) is 65.5 Å². The van der Waals surface area contributed by atoms with Gasteiger partial charge in [0.1, 0.15) is 12.4 Å². The van der Waals surface area contributed by atoms with Crippen LogP contribution in [0.5, 0.6) is 0 Å². The van der Waals surface area contributed by atoms with E-state index < -0.39 is 34.2 Å². The Morgan fingerprint density at radius 1 is 1.04 bits per heavy atom. The molecular formula is C17H18FN3O4S. The highest BCUT2D eigenvalue weighted by molar-refractivity contribution is 7.92. The van der Waals surface area contributed by atoms with Gasteiger partial charge in [-0.3, -0.25) is 24.7 Å². The van der Waals surface area contributed by atoms with Crippen molar-refractivity contribution in [2.45, 2.75) is 6.92 Å². The van der Waals surface area contributed by atoms with E-state index in [-0.39, 0.29) is 5.56 Å².